The van der Waals surface area contributed by atoms with Gasteiger partial charge in [0.05, 0.1) is 14.2 Å². The van der Waals surface area contributed by atoms with Crippen molar-refractivity contribution in [1.29, 1.82) is 0 Å². The summed E-state index contributed by atoms with van der Waals surface area (Å²) in [6.45, 7) is 4.50. The van der Waals surface area contributed by atoms with Crippen molar-refractivity contribution >= 4 is 0 Å². The van der Waals surface area contributed by atoms with Gasteiger partial charge in [-0.15, -0.1) is 0 Å². The largest absolute Gasteiger partial charge is 0.497 e. The van der Waals surface area contributed by atoms with Crippen LogP contribution >= 0.6 is 0 Å². The zero-order chi connectivity index (χ0) is 21.4. The highest BCUT2D eigenvalue weighted by molar-refractivity contribution is 5.56. The van der Waals surface area contributed by atoms with Crippen LogP contribution in [0.1, 0.15) is 28.2 Å². The van der Waals surface area contributed by atoms with Gasteiger partial charge in [0.1, 0.15) is 23.0 Å². The minimum atomic E-state index is -0.226. The summed E-state index contributed by atoms with van der Waals surface area (Å²) in [7, 11) is 6.44. The Morgan fingerprint density at radius 2 is 1.14 bits per heavy atom. The molecule has 0 saturated carbocycles. The molecule has 0 radical (unpaired) electrons. The van der Waals surface area contributed by atoms with Crippen molar-refractivity contribution in [2.75, 3.05) is 48.6 Å². The van der Waals surface area contributed by atoms with Gasteiger partial charge in [0, 0.05) is 37.8 Å². The van der Waals surface area contributed by atoms with Crippen LogP contribution < -0.4 is 24.7 Å². The van der Waals surface area contributed by atoms with Crippen LogP contribution in [0.25, 0.3) is 0 Å². The summed E-state index contributed by atoms with van der Waals surface area (Å²) < 4.78 is 33.0. The average Bonchev–Trinajstić information content (AvgIpc) is 2.72. The number of aryl methyl sites for hydroxylation is 2. The summed E-state index contributed by atoms with van der Waals surface area (Å²) in [6, 6.07) is 7.71. The van der Waals surface area contributed by atoms with Gasteiger partial charge in [-0.25, -0.2) is 0 Å². The van der Waals surface area contributed by atoms with Crippen LogP contribution in [0.5, 0.6) is 23.0 Å². The standard InChI is InChI=1S/C22H31NO6/c1-14-7-16(26-5)9-18(21(14)28-12-24-3)20(11-23)19-10-17(27-6)8-15(2)22(19)29-13-25-4/h7-10,20H,11-13,23H2,1-6H3. The molecule has 0 fully saturated rings. The van der Waals surface area contributed by atoms with E-state index in [9.17, 15) is 0 Å². The zero-order valence-electron chi connectivity index (χ0n) is 18.0. The molecule has 160 valence electrons. The monoisotopic (exact) mass is 405 g/mol. The van der Waals surface area contributed by atoms with Crippen molar-refractivity contribution in [2.24, 2.45) is 5.73 Å². The van der Waals surface area contributed by atoms with Crippen LogP contribution in [0.2, 0.25) is 0 Å². The first-order valence-electron chi connectivity index (χ1n) is 9.31. The molecular weight excluding hydrogens is 374 g/mol. The number of ether oxygens (including phenoxy) is 6. The van der Waals surface area contributed by atoms with E-state index in [0.717, 1.165) is 33.8 Å². The van der Waals surface area contributed by atoms with Gasteiger partial charge in [-0.2, -0.15) is 0 Å². The second kappa shape index (κ2) is 10.9. The third-order valence-electron chi connectivity index (χ3n) is 4.65. The smallest absolute Gasteiger partial charge is 0.188 e. The molecule has 29 heavy (non-hydrogen) atoms. The van der Waals surface area contributed by atoms with Crippen molar-refractivity contribution in [2.45, 2.75) is 19.8 Å². The predicted molar refractivity (Wildman–Crippen MR) is 111 cm³/mol. The van der Waals surface area contributed by atoms with E-state index in [-0.39, 0.29) is 19.5 Å². The first kappa shape index (κ1) is 22.8. The molecule has 7 heteroatoms. The normalized spacial score (nSPS) is 10.9. The van der Waals surface area contributed by atoms with Crippen LogP contribution in [-0.2, 0) is 9.47 Å². The first-order valence-corrected chi connectivity index (χ1v) is 9.31. The fourth-order valence-electron chi connectivity index (χ4n) is 3.34. The lowest BCUT2D eigenvalue weighted by Gasteiger charge is -2.25. The van der Waals surface area contributed by atoms with Gasteiger partial charge in [0.15, 0.2) is 13.6 Å². The molecule has 0 spiro atoms. The van der Waals surface area contributed by atoms with E-state index < -0.39 is 0 Å². The van der Waals surface area contributed by atoms with Crippen LogP contribution in [-0.4, -0.2) is 48.6 Å². The van der Waals surface area contributed by atoms with Gasteiger partial charge in [-0.1, -0.05) is 0 Å². The topological polar surface area (TPSA) is 81.4 Å². The summed E-state index contributed by atoms with van der Waals surface area (Å²) in [6.07, 6.45) is 0. The van der Waals surface area contributed by atoms with E-state index in [0.29, 0.717) is 18.0 Å². The maximum absolute atomic E-state index is 6.26. The summed E-state index contributed by atoms with van der Waals surface area (Å²) >= 11 is 0. The van der Waals surface area contributed by atoms with Gasteiger partial charge >= 0.3 is 0 Å². The van der Waals surface area contributed by atoms with E-state index in [1.807, 2.05) is 38.1 Å². The van der Waals surface area contributed by atoms with E-state index in [1.54, 1.807) is 28.4 Å². The molecule has 0 bridgehead atoms. The zero-order valence-corrected chi connectivity index (χ0v) is 18.0. The number of hydrogen-bond donors (Lipinski definition) is 1. The van der Waals surface area contributed by atoms with Crippen molar-refractivity contribution in [3.05, 3.63) is 46.5 Å². The van der Waals surface area contributed by atoms with Crippen LogP contribution in [0.15, 0.2) is 24.3 Å². The molecule has 0 heterocycles. The quantitative estimate of drug-likeness (QED) is 0.574. The maximum atomic E-state index is 6.26. The average molecular weight is 405 g/mol. The molecule has 0 aromatic heterocycles. The van der Waals surface area contributed by atoms with Crippen molar-refractivity contribution in [3.8, 4) is 23.0 Å². The Morgan fingerprint density at radius 1 is 0.724 bits per heavy atom. The Kier molecular flexibility index (Phi) is 8.57. The van der Waals surface area contributed by atoms with Crippen molar-refractivity contribution in [1.82, 2.24) is 0 Å². The molecule has 2 aromatic carbocycles. The number of methoxy groups -OCH3 is 4. The third kappa shape index (κ3) is 5.32. The summed E-state index contributed by atoms with van der Waals surface area (Å²) in [5.41, 5.74) is 9.88. The Morgan fingerprint density at radius 3 is 1.45 bits per heavy atom. The second-order valence-corrected chi connectivity index (χ2v) is 6.62. The fourth-order valence-corrected chi connectivity index (χ4v) is 3.34. The molecule has 2 N–H and O–H groups in total. The SMILES string of the molecule is COCOc1c(C)cc(OC)cc1C(CN)c1cc(OC)cc(C)c1OCOC. The minimum Gasteiger partial charge on any atom is -0.497 e. The van der Waals surface area contributed by atoms with Crippen LogP contribution in [0.3, 0.4) is 0 Å². The maximum Gasteiger partial charge on any atom is 0.188 e. The van der Waals surface area contributed by atoms with Crippen LogP contribution in [0, 0.1) is 13.8 Å². The highest BCUT2D eigenvalue weighted by Gasteiger charge is 2.25. The number of rotatable bonds is 11. The lowest BCUT2D eigenvalue weighted by Crippen LogP contribution is -2.18. The molecule has 0 unspecified atom stereocenters. The Bertz CT molecular complexity index is 743. The Labute approximate surface area is 172 Å². The lowest BCUT2D eigenvalue weighted by molar-refractivity contribution is 0.0488. The third-order valence-corrected chi connectivity index (χ3v) is 4.65. The van der Waals surface area contributed by atoms with E-state index in [2.05, 4.69) is 0 Å². The molecule has 2 aromatic rings. The molecule has 0 amide bonds. The highest BCUT2D eigenvalue weighted by Crippen LogP contribution is 2.42. The van der Waals surface area contributed by atoms with Crippen molar-refractivity contribution in [3.63, 3.8) is 0 Å². The predicted octanol–water partition coefficient (Wildman–Crippen LogP) is 3.38. The second-order valence-electron chi connectivity index (χ2n) is 6.62. The fraction of sp³-hybridized carbons (Fsp3) is 0.455. The molecule has 0 aliphatic heterocycles. The lowest BCUT2D eigenvalue weighted by atomic mass is 9.87. The summed E-state index contributed by atoms with van der Waals surface area (Å²) in [5, 5.41) is 0. The van der Waals surface area contributed by atoms with Gasteiger partial charge in [0.2, 0.25) is 0 Å². The molecular formula is C22H31NO6. The number of nitrogens with two attached hydrogens (primary N) is 1. The van der Waals surface area contributed by atoms with Gasteiger partial charge < -0.3 is 34.2 Å². The molecule has 0 aliphatic carbocycles. The molecule has 0 atom stereocenters. The highest BCUT2D eigenvalue weighted by atomic mass is 16.7. The van der Waals surface area contributed by atoms with Gasteiger partial charge in [-0.05, 0) is 49.2 Å². The van der Waals surface area contributed by atoms with E-state index >= 15 is 0 Å². The first-order chi connectivity index (χ1) is 14.0. The molecule has 7 nitrogen and oxygen atoms in total. The van der Waals surface area contributed by atoms with Crippen molar-refractivity contribution < 1.29 is 28.4 Å². The van der Waals surface area contributed by atoms with Crippen LogP contribution in [0.4, 0.5) is 0 Å². The molecule has 0 aliphatic rings. The minimum absolute atomic E-state index is 0.127. The van der Waals surface area contributed by atoms with E-state index in [1.165, 1.54) is 0 Å². The Balaban J connectivity index is 2.69. The van der Waals surface area contributed by atoms with E-state index in [4.69, 9.17) is 34.2 Å². The molecule has 2 rings (SSSR count). The van der Waals surface area contributed by atoms with Gasteiger partial charge in [-0.3, -0.25) is 0 Å². The summed E-state index contributed by atoms with van der Waals surface area (Å²) in [4.78, 5) is 0. The number of benzene rings is 2. The molecule has 0 saturated heterocycles. The van der Waals surface area contributed by atoms with Gasteiger partial charge in [0.25, 0.3) is 0 Å². The number of hydrogen-bond acceptors (Lipinski definition) is 7. The Hall–Kier alpha value is -2.48. The summed E-state index contributed by atoms with van der Waals surface area (Å²) in [5.74, 6) is 2.64.